The molecule has 0 aromatic heterocycles. The Hall–Kier alpha value is 0.660. The summed E-state index contributed by atoms with van der Waals surface area (Å²) in [7, 11) is 0. The number of thioether (sulfide) groups is 1. The standard InChI is InChI=1S/C10H21NS2/c1-10-9-11(6-8-13-10)5-3-2-4-7-12/h10,12H,2-9H2,1H3. The molecule has 1 aliphatic rings. The Bertz CT molecular complexity index is 130. The molecule has 1 unspecified atom stereocenters. The highest BCUT2D eigenvalue weighted by Gasteiger charge is 2.15. The van der Waals surface area contributed by atoms with E-state index in [-0.39, 0.29) is 0 Å². The van der Waals surface area contributed by atoms with Gasteiger partial charge in [-0.1, -0.05) is 13.3 Å². The summed E-state index contributed by atoms with van der Waals surface area (Å²) in [6, 6.07) is 0. The van der Waals surface area contributed by atoms with Crippen LogP contribution in [0.3, 0.4) is 0 Å². The van der Waals surface area contributed by atoms with Crippen molar-refractivity contribution in [3.8, 4) is 0 Å². The summed E-state index contributed by atoms with van der Waals surface area (Å²) in [5, 5.41) is 0.846. The second-order valence-corrected chi connectivity index (χ2v) is 5.76. The van der Waals surface area contributed by atoms with Gasteiger partial charge >= 0.3 is 0 Å². The van der Waals surface area contributed by atoms with Crippen LogP contribution in [-0.2, 0) is 0 Å². The average molecular weight is 219 g/mol. The Labute approximate surface area is 92.1 Å². The maximum absolute atomic E-state index is 4.22. The van der Waals surface area contributed by atoms with Gasteiger partial charge in [0.15, 0.2) is 0 Å². The van der Waals surface area contributed by atoms with Crippen molar-refractivity contribution in [1.29, 1.82) is 0 Å². The zero-order chi connectivity index (χ0) is 9.52. The molecule has 0 radical (unpaired) electrons. The lowest BCUT2D eigenvalue weighted by Crippen LogP contribution is -2.37. The van der Waals surface area contributed by atoms with Gasteiger partial charge in [-0.25, -0.2) is 0 Å². The minimum atomic E-state index is 0.846. The van der Waals surface area contributed by atoms with E-state index in [0.717, 1.165) is 11.0 Å². The molecule has 1 saturated heterocycles. The highest BCUT2D eigenvalue weighted by molar-refractivity contribution is 7.99. The van der Waals surface area contributed by atoms with E-state index >= 15 is 0 Å². The summed E-state index contributed by atoms with van der Waals surface area (Å²) in [5.74, 6) is 2.37. The Morgan fingerprint density at radius 3 is 2.92 bits per heavy atom. The van der Waals surface area contributed by atoms with Crippen molar-refractivity contribution >= 4 is 24.4 Å². The van der Waals surface area contributed by atoms with Gasteiger partial charge in [-0.15, -0.1) is 0 Å². The van der Waals surface area contributed by atoms with Crippen molar-refractivity contribution in [2.24, 2.45) is 0 Å². The summed E-state index contributed by atoms with van der Waals surface area (Å²) < 4.78 is 0. The first-order valence-corrected chi connectivity index (χ1v) is 6.96. The topological polar surface area (TPSA) is 3.24 Å². The van der Waals surface area contributed by atoms with Crippen molar-refractivity contribution in [2.45, 2.75) is 31.4 Å². The first-order chi connectivity index (χ1) is 6.33. The van der Waals surface area contributed by atoms with Crippen LogP contribution in [0.2, 0.25) is 0 Å². The van der Waals surface area contributed by atoms with Gasteiger partial charge in [0.1, 0.15) is 0 Å². The summed E-state index contributed by atoms with van der Waals surface area (Å²) in [5.41, 5.74) is 0. The normalized spacial score (nSPS) is 24.9. The van der Waals surface area contributed by atoms with Gasteiger partial charge in [-0.3, -0.25) is 0 Å². The first kappa shape index (κ1) is 11.7. The molecule has 3 heteroatoms. The molecule has 1 heterocycles. The van der Waals surface area contributed by atoms with Crippen LogP contribution >= 0.6 is 24.4 Å². The van der Waals surface area contributed by atoms with E-state index in [2.05, 4.69) is 36.2 Å². The zero-order valence-electron chi connectivity index (χ0n) is 8.54. The molecule has 0 bridgehead atoms. The van der Waals surface area contributed by atoms with Crippen LogP contribution in [0.15, 0.2) is 0 Å². The van der Waals surface area contributed by atoms with Gasteiger partial charge in [-0.05, 0) is 25.1 Å². The van der Waals surface area contributed by atoms with E-state index in [9.17, 15) is 0 Å². The second-order valence-electron chi connectivity index (χ2n) is 3.77. The molecule has 1 nitrogen and oxygen atoms in total. The number of thiol groups is 1. The van der Waals surface area contributed by atoms with Crippen molar-refractivity contribution in [3.63, 3.8) is 0 Å². The van der Waals surface area contributed by atoms with Gasteiger partial charge < -0.3 is 4.90 Å². The van der Waals surface area contributed by atoms with Gasteiger partial charge in [0.2, 0.25) is 0 Å². The Morgan fingerprint density at radius 1 is 1.38 bits per heavy atom. The smallest absolute Gasteiger partial charge is 0.0147 e. The maximum Gasteiger partial charge on any atom is 0.0147 e. The van der Waals surface area contributed by atoms with Crippen molar-refractivity contribution in [3.05, 3.63) is 0 Å². The highest BCUT2D eigenvalue weighted by Crippen LogP contribution is 2.17. The quantitative estimate of drug-likeness (QED) is 0.559. The van der Waals surface area contributed by atoms with Crippen molar-refractivity contribution < 1.29 is 0 Å². The van der Waals surface area contributed by atoms with Gasteiger partial charge in [-0.2, -0.15) is 24.4 Å². The van der Waals surface area contributed by atoms with E-state index in [0.29, 0.717) is 0 Å². The third kappa shape index (κ3) is 5.18. The number of unbranched alkanes of at least 4 members (excludes halogenated alkanes) is 2. The average Bonchev–Trinajstić information content (AvgIpc) is 2.13. The minimum absolute atomic E-state index is 0.846. The molecule has 0 aliphatic carbocycles. The first-order valence-electron chi connectivity index (χ1n) is 5.27. The van der Waals surface area contributed by atoms with Crippen molar-refractivity contribution in [2.75, 3.05) is 31.1 Å². The van der Waals surface area contributed by atoms with Crippen LogP contribution < -0.4 is 0 Å². The minimum Gasteiger partial charge on any atom is -0.301 e. The molecule has 0 N–H and O–H groups in total. The third-order valence-corrected chi connectivity index (χ3v) is 3.91. The molecule has 1 aliphatic heterocycles. The van der Waals surface area contributed by atoms with Gasteiger partial charge in [0.05, 0.1) is 0 Å². The van der Waals surface area contributed by atoms with Crippen LogP contribution in [0.1, 0.15) is 26.2 Å². The molecule has 1 rings (SSSR count). The SMILES string of the molecule is CC1CN(CCCCCS)CCS1. The molecular weight excluding hydrogens is 198 g/mol. The fraction of sp³-hybridized carbons (Fsp3) is 1.00. The molecule has 0 spiro atoms. The lowest BCUT2D eigenvalue weighted by Gasteiger charge is -2.30. The van der Waals surface area contributed by atoms with Crippen LogP contribution in [0, 0.1) is 0 Å². The summed E-state index contributed by atoms with van der Waals surface area (Å²) in [6.07, 6.45) is 3.99. The third-order valence-electron chi connectivity index (χ3n) is 2.46. The Morgan fingerprint density at radius 2 is 2.23 bits per heavy atom. The number of nitrogens with zero attached hydrogens (tertiary/aromatic N) is 1. The monoisotopic (exact) mass is 219 g/mol. The van der Waals surface area contributed by atoms with E-state index in [1.165, 1.54) is 44.6 Å². The Kier molecular flexibility index (Phi) is 6.33. The lowest BCUT2D eigenvalue weighted by atomic mass is 10.2. The molecule has 0 amide bonds. The van der Waals surface area contributed by atoms with Gasteiger partial charge in [0, 0.05) is 24.1 Å². The lowest BCUT2D eigenvalue weighted by molar-refractivity contribution is 0.280. The molecule has 1 fully saturated rings. The molecule has 78 valence electrons. The predicted octanol–water partition coefficient (Wildman–Crippen LogP) is 2.52. The largest absolute Gasteiger partial charge is 0.301 e. The summed E-state index contributed by atoms with van der Waals surface area (Å²) >= 11 is 6.33. The number of hydrogen-bond donors (Lipinski definition) is 1. The predicted molar refractivity (Wildman–Crippen MR) is 66.1 cm³/mol. The fourth-order valence-corrected chi connectivity index (χ4v) is 3.02. The van der Waals surface area contributed by atoms with E-state index in [4.69, 9.17) is 0 Å². The molecule has 13 heavy (non-hydrogen) atoms. The Balaban J connectivity index is 2.00. The number of hydrogen-bond acceptors (Lipinski definition) is 3. The fourth-order valence-electron chi connectivity index (χ4n) is 1.72. The van der Waals surface area contributed by atoms with Crippen LogP contribution in [0.4, 0.5) is 0 Å². The molecular formula is C10H21NS2. The molecule has 0 saturated carbocycles. The van der Waals surface area contributed by atoms with Crippen LogP contribution in [0.5, 0.6) is 0 Å². The zero-order valence-corrected chi connectivity index (χ0v) is 10.2. The molecule has 1 atom stereocenters. The second kappa shape index (κ2) is 7.02. The van der Waals surface area contributed by atoms with E-state index < -0.39 is 0 Å². The van der Waals surface area contributed by atoms with Crippen LogP contribution in [0.25, 0.3) is 0 Å². The van der Waals surface area contributed by atoms with Crippen molar-refractivity contribution in [1.82, 2.24) is 4.90 Å². The highest BCUT2D eigenvalue weighted by atomic mass is 32.2. The molecule has 0 aromatic rings. The number of rotatable bonds is 5. The summed E-state index contributed by atoms with van der Waals surface area (Å²) in [6.45, 7) is 6.24. The van der Waals surface area contributed by atoms with E-state index in [1.54, 1.807) is 0 Å². The summed E-state index contributed by atoms with van der Waals surface area (Å²) in [4.78, 5) is 2.61. The maximum atomic E-state index is 4.22. The van der Waals surface area contributed by atoms with Crippen LogP contribution in [-0.4, -0.2) is 41.3 Å². The van der Waals surface area contributed by atoms with E-state index in [1.807, 2.05) is 0 Å². The van der Waals surface area contributed by atoms with Gasteiger partial charge in [0.25, 0.3) is 0 Å². The molecule has 0 aromatic carbocycles.